The van der Waals surface area contributed by atoms with Crippen molar-refractivity contribution in [1.82, 2.24) is 9.80 Å². The molecule has 4 aliphatic rings. The van der Waals surface area contributed by atoms with E-state index >= 15 is 0 Å². The van der Waals surface area contributed by atoms with E-state index in [0.29, 0.717) is 25.9 Å². The van der Waals surface area contributed by atoms with Crippen LogP contribution in [0.4, 0.5) is 4.79 Å². The molecule has 1 N–H and O–H groups in total. The van der Waals surface area contributed by atoms with Gasteiger partial charge in [-0.25, -0.2) is 4.79 Å². The molecule has 1 aromatic carbocycles. The maximum absolute atomic E-state index is 13.4. The Kier molecular flexibility index (Phi) is 6.86. The van der Waals surface area contributed by atoms with Gasteiger partial charge in [0.2, 0.25) is 5.91 Å². The van der Waals surface area contributed by atoms with E-state index in [2.05, 4.69) is 0 Å². The first-order valence-corrected chi connectivity index (χ1v) is 13.1. The van der Waals surface area contributed by atoms with Crippen LogP contribution >= 0.6 is 0 Å². The van der Waals surface area contributed by atoms with Gasteiger partial charge in [0, 0.05) is 32.4 Å². The summed E-state index contributed by atoms with van der Waals surface area (Å²) in [6.07, 6.45) is 8.43. The lowest BCUT2D eigenvalue weighted by Gasteiger charge is -2.24. The average Bonchev–Trinajstić information content (AvgIpc) is 3.18. The first kappa shape index (κ1) is 24.5. The van der Waals surface area contributed by atoms with Crippen molar-refractivity contribution in [3.05, 3.63) is 47.5 Å². The highest BCUT2D eigenvalue weighted by Crippen LogP contribution is 2.57. The van der Waals surface area contributed by atoms with Gasteiger partial charge in [0.25, 0.3) is 0 Å². The van der Waals surface area contributed by atoms with Crippen LogP contribution in [0, 0.1) is 11.3 Å². The number of rotatable bonds is 2. The number of carboxylic acids is 1. The fourth-order valence-electron chi connectivity index (χ4n) is 5.98. The largest absolute Gasteiger partial charge is 0.481 e. The summed E-state index contributed by atoms with van der Waals surface area (Å²) in [5.41, 5.74) is 1.09. The maximum atomic E-state index is 13.4. The second-order valence-electron chi connectivity index (χ2n) is 10.7. The Balaban J connectivity index is 1.29. The number of carbonyl (C=O) groups excluding carboxylic acids is 3. The van der Waals surface area contributed by atoms with Gasteiger partial charge in [0.05, 0.1) is 18.0 Å². The molecule has 192 valence electrons. The normalized spacial score (nSPS) is 31.5. The van der Waals surface area contributed by atoms with Crippen LogP contribution in [-0.2, 0) is 32.2 Å². The summed E-state index contributed by atoms with van der Waals surface area (Å²) in [7, 11) is 0. The monoisotopic (exact) mass is 494 g/mol. The zero-order chi connectivity index (χ0) is 25.3. The third kappa shape index (κ3) is 4.90. The topological polar surface area (TPSA) is 104 Å². The fraction of sp³-hybridized carbons (Fsp3) is 0.571. The van der Waals surface area contributed by atoms with Crippen molar-refractivity contribution in [2.45, 2.75) is 83.0 Å². The summed E-state index contributed by atoms with van der Waals surface area (Å²) in [4.78, 5) is 54.8. The number of hydrogen-bond acceptors (Lipinski definition) is 5. The van der Waals surface area contributed by atoms with Crippen molar-refractivity contribution in [3.8, 4) is 0 Å². The van der Waals surface area contributed by atoms with Gasteiger partial charge >= 0.3 is 12.1 Å². The number of benzene rings is 1. The molecule has 3 aliphatic heterocycles. The Morgan fingerprint density at radius 3 is 2.47 bits per heavy atom. The van der Waals surface area contributed by atoms with E-state index in [-0.39, 0.29) is 37.0 Å². The molecule has 3 heterocycles. The number of carboxylic acid groups (broad SMARTS) is 1. The molecule has 1 saturated heterocycles. The van der Waals surface area contributed by atoms with Crippen LogP contribution < -0.4 is 0 Å². The SMILES string of the molecule is O=C1C[C@]2(C(=O)O)C[C@H]2/C=C\CCCCCCC(=O)N2C[C@H](OC(=O)N3Cc4ccccc4C3)C[C@@H]12. The van der Waals surface area contributed by atoms with E-state index in [4.69, 9.17) is 4.74 Å². The number of allylic oxidation sites excluding steroid dienone is 2. The number of fused-ring (bicyclic) bond motifs is 3. The van der Waals surface area contributed by atoms with Crippen LogP contribution in [0.5, 0.6) is 0 Å². The smallest absolute Gasteiger partial charge is 0.410 e. The van der Waals surface area contributed by atoms with Crippen LogP contribution in [0.15, 0.2) is 36.4 Å². The van der Waals surface area contributed by atoms with E-state index in [0.717, 1.165) is 43.2 Å². The van der Waals surface area contributed by atoms with Gasteiger partial charge in [-0.15, -0.1) is 0 Å². The number of aliphatic carboxylic acids is 1. The Morgan fingerprint density at radius 2 is 1.75 bits per heavy atom. The lowest BCUT2D eigenvalue weighted by atomic mass is 9.92. The maximum Gasteiger partial charge on any atom is 0.410 e. The highest BCUT2D eigenvalue weighted by atomic mass is 16.6. The van der Waals surface area contributed by atoms with Gasteiger partial charge in [0.1, 0.15) is 6.10 Å². The molecule has 5 rings (SSSR count). The van der Waals surface area contributed by atoms with Crippen molar-refractivity contribution in [3.63, 3.8) is 0 Å². The van der Waals surface area contributed by atoms with E-state index < -0.39 is 29.6 Å². The minimum atomic E-state index is -1.08. The predicted octanol–water partition coefficient (Wildman–Crippen LogP) is 4.07. The van der Waals surface area contributed by atoms with Crippen molar-refractivity contribution in [2.24, 2.45) is 11.3 Å². The van der Waals surface area contributed by atoms with E-state index in [9.17, 15) is 24.3 Å². The minimum absolute atomic E-state index is 0.103. The summed E-state index contributed by atoms with van der Waals surface area (Å²) < 4.78 is 5.79. The van der Waals surface area contributed by atoms with Crippen LogP contribution in [0.3, 0.4) is 0 Å². The molecule has 0 bridgehead atoms. The second kappa shape index (κ2) is 10.1. The standard InChI is InChI=1S/C28H34N2O6/c31-24-15-28(26(33)34)14-21(28)11-5-3-1-2-4-6-12-25(32)30-18-22(13-23(24)30)36-27(35)29-16-19-9-7-8-10-20(19)17-29/h5,7-11,21-23H,1-4,6,12-18H2,(H,33,34)/b11-5-/t21-,22-,23+,28-/m1/s1. The fourth-order valence-corrected chi connectivity index (χ4v) is 5.98. The van der Waals surface area contributed by atoms with Gasteiger partial charge in [0.15, 0.2) is 5.78 Å². The van der Waals surface area contributed by atoms with Crippen LogP contribution in [-0.4, -0.2) is 57.3 Å². The zero-order valence-corrected chi connectivity index (χ0v) is 20.6. The molecule has 1 aliphatic carbocycles. The van der Waals surface area contributed by atoms with E-state index in [1.165, 1.54) is 0 Å². The molecule has 0 aromatic heterocycles. The molecule has 8 heteroatoms. The highest BCUT2D eigenvalue weighted by molar-refractivity contribution is 5.94. The number of carbonyl (C=O) groups is 4. The van der Waals surface area contributed by atoms with Crippen molar-refractivity contribution in [2.75, 3.05) is 6.54 Å². The highest BCUT2D eigenvalue weighted by Gasteiger charge is 2.61. The molecular weight excluding hydrogens is 460 g/mol. The molecule has 2 fully saturated rings. The Hall–Kier alpha value is -3.16. The lowest BCUT2D eigenvalue weighted by molar-refractivity contribution is -0.147. The summed E-state index contributed by atoms with van der Waals surface area (Å²) >= 11 is 0. The molecule has 8 nitrogen and oxygen atoms in total. The number of Topliss-reactive ketones (excluding diaryl/α,β-unsaturated/α-hetero) is 1. The number of ether oxygens (including phenoxy) is 1. The van der Waals surface area contributed by atoms with Gasteiger partial charge < -0.3 is 14.7 Å². The molecular formula is C28H34N2O6. The molecule has 36 heavy (non-hydrogen) atoms. The quantitative estimate of drug-likeness (QED) is 0.622. The third-order valence-corrected chi connectivity index (χ3v) is 8.25. The molecule has 2 amide bonds. The van der Waals surface area contributed by atoms with Gasteiger partial charge in [-0.2, -0.15) is 0 Å². The van der Waals surface area contributed by atoms with Crippen LogP contribution in [0.2, 0.25) is 0 Å². The van der Waals surface area contributed by atoms with Crippen LogP contribution in [0.1, 0.15) is 68.9 Å². The number of nitrogens with zero attached hydrogens (tertiary/aromatic N) is 2. The molecule has 0 spiro atoms. The Bertz CT molecular complexity index is 1060. The minimum Gasteiger partial charge on any atom is -0.481 e. The lowest BCUT2D eigenvalue weighted by Crippen LogP contribution is -2.42. The molecule has 0 unspecified atom stereocenters. The van der Waals surface area contributed by atoms with Crippen LogP contribution in [0.25, 0.3) is 0 Å². The molecule has 1 aromatic rings. The summed E-state index contributed by atoms with van der Waals surface area (Å²) in [6.45, 7) is 1.12. The van der Waals surface area contributed by atoms with Crippen molar-refractivity contribution in [1.29, 1.82) is 0 Å². The molecule has 1 saturated carbocycles. The second-order valence-corrected chi connectivity index (χ2v) is 10.7. The van der Waals surface area contributed by atoms with Gasteiger partial charge in [-0.05, 0) is 42.7 Å². The number of hydrogen-bond donors (Lipinski definition) is 1. The predicted molar refractivity (Wildman–Crippen MR) is 131 cm³/mol. The summed E-state index contributed by atoms with van der Waals surface area (Å²) in [5.74, 6) is -1.48. The van der Waals surface area contributed by atoms with Crippen molar-refractivity contribution < 1.29 is 29.0 Å². The third-order valence-electron chi connectivity index (χ3n) is 8.25. The van der Waals surface area contributed by atoms with Crippen molar-refractivity contribution >= 4 is 23.8 Å². The van der Waals surface area contributed by atoms with E-state index in [1.54, 1.807) is 9.80 Å². The Labute approximate surface area is 211 Å². The molecule has 0 radical (unpaired) electrons. The molecule has 4 atom stereocenters. The Morgan fingerprint density at radius 1 is 1.03 bits per heavy atom. The number of amides is 2. The summed E-state index contributed by atoms with van der Waals surface area (Å²) in [5, 5.41) is 9.92. The first-order chi connectivity index (χ1) is 17.4. The van der Waals surface area contributed by atoms with E-state index in [1.807, 2.05) is 36.4 Å². The average molecular weight is 495 g/mol. The van der Waals surface area contributed by atoms with Gasteiger partial charge in [-0.1, -0.05) is 49.3 Å². The zero-order valence-electron chi connectivity index (χ0n) is 20.6. The first-order valence-electron chi connectivity index (χ1n) is 13.1. The van der Waals surface area contributed by atoms with Gasteiger partial charge in [-0.3, -0.25) is 19.3 Å². The summed E-state index contributed by atoms with van der Waals surface area (Å²) in [6, 6.07) is 7.11. The number of ketones is 1.